The lowest BCUT2D eigenvalue weighted by Gasteiger charge is -2.10. The Labute approximate surface area is 652 Å². The number of hydrogen-bond acceptors (Lipinski definition) is 6. The van der Waals surface area contributed by atoms with Gasteiger partial charge in [0.2, 0.25) is 0 Å². The van der Waals surface area contributed by atoms with E-state index >= 15 is 0 Å². The third-order valence-corrected chi connectivity index (χ3v) is 22.9. The first-order valence-corrected chi connectivity index (χ1v) is 38.5. The first-order valence-electron chi connectivity index (χ1n) is 38.5. The summed E-state index contributed by atoms with van der Waals surface area (Å²) in [6, 6.07) is 135. The Kier molecular flexibility index (Phi) is 14.8. The van der Waals surface area contributed by atoms with Gasteiger partial charge in [-0.15, -0.1) is 0 Å². The van der Waals surface area contributed by atoms with Gasteiger partial charge in [0.05, 0.1) is 44.1 Å². The topological polar surface area (TPSA) is 97.6 Å². The highest BCUT2D eigenvalue weighted by molar-refractivity contribution is 6.17. The summed E-state index contributed by atoms with van der Waals surface area (Å²) in [6.07, 6.45) is 3.25. The summed E-state index contributed by atoms with van der Waals surface area (Å²) in [5, 5.41) is 11.8. The molecule has 0 aliphatic rings. The molecule has 0 saturated heterocycles. The molecule has 0 bridgehead atoms. The second-order valence-corrected chi connectivity index (χ2v) is 29.3. The predicted molar refractivity (Wildman–Crippen MR) is 469 cm³/mol. The minimum Gasteiger partial charge on any atom is -0.452 e. The average molecular weight is 1460 g/mol. The smallest absolute Gasteiger partial charge is 0.180 e. The maximum Gasteiger partial charge on any atom is 0.180 e. The average Bonchev–Trinajstić information content (AvgIpc) is 1.57. The van der Waals surface area contributed by atoms with Crippen molar-refractivity contribution in [3.05, 3.63) is 389 Å². The zero-order chi connectivity index (χ0) is 74.9. The SMILES string of the molecule is c1ccc(-c2ccc3c(c2)c2cc(-c4ccc5c(c4)c4ccccc4n5-c4ccc(-c5ncnc6c5oc5ccccc56)cc4)ccc2n3-c2ccccc2)cc1.c1ccc(-c2ccc3c(c2)c2cc(-c4ccc5c(c4)c4ccccc4n5-c4ccccc4)ccc2n3-c2ccc(-c3ncnc4c3oc3ccccc34)cc2)cc1. The van der Waals surface area contributed by atoms with Gasteiger partial charge < -0.3 is 27.1 Å². The normalized spacial score (nSPS) is 11.9. The number of furan rings is 2. The molecule has 24 rings (SSSR count). The molecule has 114 heavy (non-hydrogen) atoms. The Hall–Kier alpha value is -15.5. The summed E-state index contributed by atoms with van der Waals surface area (Å²) in [5.74, 6) is 0. The summed E-state index contributed by atoms with van der Waals surface area (Å²) >= 11 is 0. The van der Waals surface area contributed by atoms with Crippen molar-refractivity contribution in [1.82, 2.24) is 38.2 Å². The molecule has 0 unspecified atom stereocenters. The van der Waals surface area contributed by atoms with Gasteiger partial charge >= 0.3 is 0 Å². The summed E-state index contributed by atoms with van der Waals surface area (Å²) in [4.78, 5) is 18.5. The van der Waals surface area contributed by atoms with E-state index < -0.39 is 0 Å². The van der Waals surface area contributed by atoms with Gasteiger partial charge in [-0.2, -0.15) is 0 Å². The van der Waals surface area contributed by atoms with E-state index in [1.165, 1.54) is 110 Å². The van der Waals surface area contributed by atoms with Crippen LogP contribution in [0.1, 0.15) is 0 Å². The van der Waals surface area contributed by atoms with Crippen molar-refractivity contribution in [2.75, 3.05) is 0 Å². The Bertz CT molecular complexity index is 7950. The van der Waals surface area contributed by atoms with E-state index in [1.54, 1.807) is 12.7 Å². The van der Waals surface area contributed by atoms with Crippen LogP contribution in [0.2, 0.25) is 0 Å². The molecule has 8 aromatic heterocycles. The maximum absolute atomic E-state index is 6.29. The summed E-state index contributed by atoms with van der Waals surface area (Å²) in [5.41, 5.74) is 31.6. The number of nitrogens with zero attached hydrogens (tertiary/aromatic N) is 8. The molecule has 0 spiro atoms. The van der Waals surface area contributed by atoms with E-state index in [4.69, 9.17) is 8.83 Å². The van der Waals surface area contributed by atoms with Crippen molar-refractivity contribution in [3.63, 3.8) is 0 Å². The Morgan fingerprint density at radius 1 is 0.175 bits per heavy atom. The molecule has 16 aromatic carbocycles. The zero-order valence-corrected chi connectivity index (χ0v) is 61.3. The largest absolute Gasteiger partial charge is 0.452 e. The van der Waals surface area contributed by atoms with Crippen LogP contribution in [0, 0.1) is 0 Å². The molecule has 24 aromatic rings. The fraction of sp³-hybridized carbons (Fsp3) is 0. The highest BCUT2D eigenvalue weighted by atomic mass is 16.3. The van der Waals surface area contributed by atoms with E-state index in [2.05, 4.69) is 366 Å². The standard InChI is InChI=1S/2C52H32N4O/c1-3-11-33(12-4-1)35-21-26-47-43(29-35)44-31-37(23-28-48(44)55(47)38-13-5-2-6-14-38)36-22-27-46-42(30-36)40-15-7-9-17-45(40)56(46)39-24-19-34(20-25-39)50-52-51(54-32-53-50)41-16-8-10-18-49(41)57-52;1-3-11-33(12-4-1)35-21-26-47-43(29-35)44-31-37(36-22-27-46-42(30-36)40-15-7-9-17-45(40)55(46)38-13-5-2-6-14-38)23-28-48(44)56(47)39-24-19-34(20-25-39)50-52-51(54-32-53-50)41-16-8-10-18-49(41)57-52/h2*1-32H. The lowest BCUT2D eigenvalue weighted by atomic mass is 9.99. The van der Waals surface area contributed by atoms with Crippen LogP contribution in [-0.2, 0) is 0 Å². The highest BCUT2D eigenvalue weighted by Gasteiger charge is 2.23. The molecule has 0 radical (unpaired) electrons. The van der Waals surface area contributed by atoms with E-state index in [0.717, 1.165) is 100 Å². The molecule has 0 aliphatic carbocycles. The Balaban J connectivity index is 0.000000135. The number of hydrogen-bond donors (Lipinski definition) is 0. The fourth-order valence-corrected chi connectivity index (χ4v) is 17.6. The molecule has 0 saturated carbocycles. The predicted octanol–water partition coefficient (Wildman–Crippen LogP) is 27.1. The van der Waals surface area contributed by atoms with Crippen LogP contribution < -0.4 is 0 Å². The quantitative estimate of drug-likeness (QED) is 0.135. The zero-order valence-electron chi connectivity index (χ0n) is 61.3. The first kappa shape index (κ1) is 64.5. The Morgan fingerprint density at radius 2 is 0.421 bits per heavy atom. The van der Waals surface area contributed by atoms with Gasteiger partial charge in [0.25, 0.3) is 0 Å². The van der Waals surface area contributed by atoms with E-state index in [9.17, 15) is 0 Å². The second kappa shape index (κ2) is 26.1. The molecule has 8 heterocycles. The van der Waals surface area contributed by atoms with Crippen LogP contribution in [-0.4, -0.2) is 38.2 Å². The van der Waals surface area contributed by atoms with Crippen molar-refractivity contribution in [1.29, 1.82) is 0 Å². The van der Waals surface area contributed by atoms with Crippen LogP contribution in [0.5, 0.6) is 0 Å². The first-order chi connectivity index (χ1) is 56.5. The fourth-order valence-electron chi connectivity index (χ4n) is 17.6. The second-order valence-electron chi connectivity index (χ2n) is 29.3. The van der Waals surface area contributed by atoms with Crippen molar-refractivity contribution >= 4 is 131 Å². The third-order valence-electron chi connectivity index (χ3n) is 22.9. The molecular weight excluding hydrogens is 1390 g/mol. The molecule has 10 heteroatoms. The van der Waals surface area contributed by atoms with Gasteiger partial charge in [-0.25, -0.2) is 19.9 Å². The highest BCUT2D eigenvalue weighted by Crippen LogP contribution is 2.45. The molecule has 0 atom stereocenters. The molecule has 532 valence electrons. The minimum absolute atomic E-state index is 0.701. The molecule has 0 fully saturated rings. The summed E-state index contributed by atoms with van der Waals surface area (Å²) in [7, 11) is 0. The van der Waals surface area contributed by atoms with Crippen molar-refractivity contribution < 1.29 is 8.83 Å². The van der Waals surface area contributed by atoms with Gasteiger partial charge in [-0.05, 0) is 202 Å². The molecular formula is C104H64N8O2. The van der Waals surface area contributed by atoms with E-state index in [1.807, 2.05) is 48.5 Å². The van der Waals surface area contributed by atoms with Crippen LogP contribution in [0.4, 0.5) is 0 Å². The maximum atomic E-state index is 6.29. The molecule has 10 nitrogen and oxygen atoms in total. The van der Waals surface area contributed by atoms with Crippen molar-refractivity contribution in [2.45, 2.75) is 0 Å². The van der Waals surface area contributed by atoms with E-state index in [-0.39, 0.29) is 0 Å². The van der Waals surface area contributed by atoms with Crippen LogP contribution in [0.15, 0.2) is 398 Å². The van der Waals surface area contributed by atoms with Crippen molar-refractivity contribution in [3.8, 4) is 89.8 Å². The number of fused-ring (bicyclic) bond motifs is 18. The lowest BCUT2D eigenvalue weighted by Crippen LogP contribution is -1.94. The van der Waals surface area contributed by atoms with Gasteiger partial charge in [-0.3, -0.25) is 0 Å². The lowest BCUT2D eigenvalue weighted by molar-refractivity contribution is 0.667. The van der Waals surface area contributed by atoms with Crippen LogP contribution >= 0.6 is 0 Å². The van der Waals surface area contributed by atoms with Gasteiger partial charge in [0, 0.05) is 87.7 Å². The number of aromatic nitrogens is 8. The number of benzene rings is 16. The third kappa shape index (κ3) is 10.4. The number of para-hydroxylation sites is 6. The molecule has 0 N–H and O–H groups in total. The summed E-state index contributed by atoms with van der Waals surface area (Å²) in [6.45, 7) is 0. The summed E-state index contributed by atoms with van der Waals surface area (Å²) < 4.78 is 22.0. The van der Waals surface area contributed by atoms with Crippen LogP contribution in [0.3, 0.4) is 0 Å². The molecule has 0 amide bonds. The Morgan fingerprint density at radius 3 is 0.754 bits per heavy atom. The van der Waals surface area contributed by atoms with Crippen molar-refractivity contribution in [2.24, 2.45) is 0 Å². The number of rotatable bonds is 10. The van der Waals surface area contributed by atoms with Gasteiger partial charge in [0.15, 0.2) is 11.2 Å². The van der Waals surface area contributed by atoms with E-state index in [0.29, 0.717) is 11.2 Å². The van der Waals surface area contributed by atoms with Gasteiger partial charge in [-0.1, -0.05) is 218 Å². The van der Waals surface area contributed by atoms with Gasteiger partial charge in [0.1, 0.15) is 46.2 Å². The monoisotopic (exact) mass is 1460 g/mol. The minimum atomic E-state index is 0.701. The molecule has 0 aliphatic heterocycles. The van der Waals surface area contributed by atoms with Crippen LogP contribution in [0.25, 0.3) is 221 Å².